The molecule has 0 N–H and O–H groups in total. The summed E-state index contributed by atoms with van der Waals surface area (Å²) in [6.45, 7) is 2.55. The highest BCUT2D eigenvalue weighted by Crippen LogP contribution is 2.32. The molecule has 0 saturated carbocycles. The van der Waals surface area contributed by atoms with Crippen LogP contribution < -0.4 is 4.74 Å². The summed E-state index contributed by atoms with van der Waals surface area (Å²) < 4.78 is 6.94. The summed E-state index contributed by atoms with van der Waals surface area (Å²) in [6, 6.07) is 22.5. The van der Waals surface area contributed by atoms with Crippen molar-refractivity contribution in [1.29, 1.82) is 5.26 Å². The lowest BCUT2D eigenvalue weighted by Crippen LogP contribution is -1.95. The molecule has 118 valence electrons. The predicted molar refractivity (Wildman–Crippen MR) is 108 cm³/mol. The van der Waals surface area contributed by atoms with Crippen LogP contribution in [0.25, 0.3) is 22.4 Å². The van der Waals surface area contributed by atoms with Crippen molar-refractivity contribution < 1.29 is 4.74 Å². The van der Waals surface area contributed by atoms with Gasteiger partial charge in [0.05, 0.1) is 18.2 Å². The Balaban J connectivity index is 2.21. The first-order valence-electron chi connectivity index (χ1n) is 7.75. The maximum atomic E-state index is 9.64. The Morgan fingerprint density at radius 2 is 1.83 bits per heavy atom. The fourth-order valence-electron chi connectivity index (χ4n) is 2.66. The summed E-state index contributed by atoms with van der Waals surface area (Å²) >= 11 is 2.26. The molecule has 0 aliphatic rings. The standard InChI is InChI=1S/C21H16INO/c1-2-24-21-12-9-16-5-3-4-6-19(16)20(21)13-17(14-23)15-7-10-18(22)11-8-15/h3-13H,2H2,1H3/b17-13+. The molecule has 0 bridgehead atoms. The van der Waals surface area contributed by atoms with Crippen molar-refractivity contribution in [3.63, 3.8) is 0 Å². The van der Waals surface area contributed by atoms with E-state index in [2.05, 4.69) is 46.9 Å². The zero-order valence-electron chi connectivity index (χ0n) is 13.3. The SMILES string of the molecule is CCOc1ccc2ccccc2c1/C=C(\C#N)c1ccc(I)cc1. The van der Waals surface area contributed by atoms with E-state index in [9.17, 15) is 5.26 Å². The molecule has 3 aromatic carbocycles. The minimum Gasteiger partial charge on any atom is -0.493 e. The van der Waals surface area contributed by atoms with Gasteiger partial charge in [0.2, 0.25) is 0 Å². The molecular formula is C21H16INO. The molecule has 0 unspecified atom stereocenters. The van der Waals surface area contributed by atoms with Gasteiger partial charge in [-0.05, 0) is 70.1 Å². The molecule has 3 heteroatoms. The van der Waals surface area contributed by atoms with E-state index in [1.165, 1.54) is 0 Å². The molecule has 0 spiro atoms. The van der Waals surface area contributed by atoms with E-state index in [-0.39, 0.29) is 0 Å². The summed E-state index contributed by atoms with van der Waals surface area (Å²) in [7, 11) is 0. The van der Waals surface area contributed by atoms with E-state index in [0.717, 1.165) is 31.2 Å². The number of nitriles is 1. The normalized spacial score (nSPS) is 11.3. The van der Waals surface area contributed by atoms with Gasteiger partial charge in [0, 0.05) is 9.13 Å². The fourth-order valence-corrected chi connectivity index (χ4v) is 3.02. The van der Waals surface area contributed by atoms with E-state index in [1.807, 2.05) is 55.5 Å². The topological polar surface area (TPSA) is 33.0 Å². The summed E-state index contributed by atoms with van der Waals surface area (Å²) in [5.41, 5.74) is 2.49. The third-order valence-electron chi connectivity index (χ3n) is 3.79. The first kappa shape index (κ1) is 16.5. The van der Waals surface area contributed by atoms with Crippen molar-refractivity contribution in [1.82, 2.24) is 0 Å². The molecule has 0 saturated heterocycles. The molecule has 3 rings (SSSR count). The second kappa shape index (κ2) is 7.50. The van der Waals surface area contributed by atoms with Gasteiger partial charge in [0.15, 0.2) is 0 Å². The Hall–Kier alpha value is -2.32. The zero-order valence-corrected chi connectivity index (χ0v) is 15.4. The Morgan fingerprint density at radius 3 is 2.54 bits per heavy atom. The second-order valence-corrected chi connectivity index (χ2v) is 6.55. The van der Waals surface area contributed by atoms with Crippen molar-refractivity contribution >= 4 is 45.0 Å². The van der Waals surface area contributed by atoms with Gasteiger partial charge in [-0.15, -0.1) is 0 Å². The van der Waals surface area contributed by atoms with E-state index in [1.54, 1.807) is 0 Å². The Labute approximate surface area is 155 Å². The predicted octanol–water partition coefficient (Wildman–Crippen LogP) is 5.91. The minimum atomic E-state index is 0.588. The van der Waals surface area contributed by atoms with Crippen molar-refractivity contribution in [3.8, 4) is 11.8 Å². The van der Waals surface area contributed by atoms with Crippen molar-refractivity contribution in [2.45, 2.75) is 6.92 Å². The number of nitrogens with zero attached hydrogens (tertiary/aromatic N) is 1. The van der Waals surface area contributed by atoms with Crippen LogP contribution in [0.1, 0.15) is 18.1 Å². The number of fused-ring (bicyclic) bond motifs is 1. The number of ether oxygens (including phenoxy) is 1. The van der Waals surface area contributed by atoms with Crippen LogP contribution >= 0.6 is 22.6 Å². The second-order valence-electron chi connectivity index (χ2n) is 5.31. The number of hydrogen-bond acceptors (Lipinski definition) is 2. The van der Waals surface area contributed by atoms with E-state index in [0.29, 0.717) is 12.2 Å². The maximum Gasteiger partial charge on any atom is 0.127 e. The zero-order chi connectivity index (χ0) is 16.9. The van der Waals surface area contributed by atoms with Crippen molar-refractivity contribution in [3.05, 3.63) is 75.4 Å². The average molecular weight is 425 g/mol. The van der Waals surface area contributed by atoms with Crippen molar-refractivity contribution in [2.24, 2.45) is 0 Å². The molecule has 0 aromatic heterocycles. The number of benzene rings is 3. The van der Waals surface area contributed by atoms with Gasteiger partial charge in [-0.3, -0.25) is 0 Å². The van der Waals surface area contributed by atoms with Crippen LogP contribution in [0.15, 0.2) is 60.7 Å². The van der Waals surface area contributed by atoms with Crippen LogP contribution in [0.4, 0.5) is 0 Å². The molecule has 0 amide bonds. The lowest BCUT2D eigenvalue weighted by Gasteiger charge is -2.11. The fraction of sp³-hybridized carbons (Fsp3) is 0.0952. The van der Waals surface area contributed by atoms with E-state index in [4.69, 9.17) is 4.74 Å². The summed E-state index contributed by atoms with van der Waals surface area (Å²) in [6.07, 6.45) is 1.93. The largest absolute Gasteiger partial charge is 0.493 e. The molecule has 0 aliphatic carbocycles. The van der Waals surface area contributed by atoms with Crippen LogP contribution in [-0.4, -0.2) is 6.61 Å². The monoisotopic (exact) mass is 425 g/mol. The van der Waals surface area contributed by atoms with Crippen LogP contribution in [-0.2, 0) is 0 Å². The van der Waals surface area contributed by atoms with Crippen molar-refractivity contribution in [2.75, 3.05) is 6.61 Å². The molecule has 2 nitrogen and oxygen atoms in total. The van der Waals surface area contributed by atoms with Crippen LogP contribution in [0.2, 0.25) is 0 Å². The third kappa shape index (κ3) is 3.44. The van der Waals surface area contributed by atoms with Gasteiger partial charge in [0.1, 0.15) is 5.75 Å². The van der Waals surface area contributed by atoms with Crippen LogP contribution in [0.5, 0.6) is 5.75 Å². The van der Waals surface area contributed by atoms with Gasteiger partial charge in [-0.2, -0.15) is 5.26 Å². The number of hydrogen-bond donors (Lipinski definition) is 0. The molecule has 3 aromatic rings. The molecule has 0 atom stereocenters. The molecule has 24 heavy (non-hydrogen) atoms. The molecule has 0 fully saturated rings. The van der Waals surface area contributed by atoms with Gasteiger partial charge in [0.25, 0.3) is 0 Å². The summed E-state index contributed by atoms with van der Waals surface area (Å²) in [4.78, 5) is 0. The van der Waals surface area contributed by atoms with E-state index >= 15 is 0 Å². The number of allylic oxidation sites excluding steroid dienone is 1. The number of rotatable bonds is 4. The Morgan fingerprint density at radius 1 is 1.08 bits per heavy atom. The van der Waals surface area contributed by atoms with Gasteiger partial charge < -0.3 is 4.74 Å². The van der Waals surface area contributed by atoms with Crippen LogP contribution in [0.3, 0.4) is 0 Å². The lowest BCUT2D eigenvalue weighted by atomic mass is 9.98. The first-order valence-corrected chi connectivity index (χ1v) is 8.83. The summed E-state index contributed by atoms with van der Waals surface area (Å²) in [5.74, 6) is 0.800. The first-order chi connectivity index (χ1) is 11.7. The summed E-state index contributed by atoms with van der Waals surface area (Å²) in [5, 5.41) is 11.9. The van der Waals surface area contributed by atoms with Gasteiger partial charge in [-0.25, -0.2) is 0 Å². The highest BCUT2D eigenvalue weighted by molar-refractivity contribution is 14.1. The lowest BCUT2D eigenvalue weighted by molar-refractivity contribution is 0.340. The molecule has 0 aliphatic heterocycles. The minimum absolute atomic E-state index is 0.588. The van der Waals surface area contributed by atoms with Gasteiger partial charge >= 0.3 is 0 Å². The Kier molecular flexibility index (Phi) is 5.17. The smallest absolute Gasteiger partial charge is 0.127 e. The number of halogens is 1. The van der Waals surface area contributed by atoms with Gasteiger partial charge in [-0.1, -0.05) is 42.5 Å². The molecule has 0 heterocycles. The average Bonchev–Trinajstić information content (AvgIpc) is 2.62. The highest BCUT2D eigenvalue weighted by atomic mass is 127. The molecule has 0 radical (unpaired) electrons. The highest BCUT2D eigenvalue weighted by Gasteiger charge is 2.09. The Bertz CT molecular complexity index is 936. The molecular weight excluding hydrogens is 409 g/mol. The quantitative estimate of drug-likeness (QED) is 0.296. The third-order valence-corrected chi connectivity index (χ3v) is 4.51. The maximum absolute atomic E-state index is 9.64. The van der Waals surface area contributed by atoms with Crippen LogP contribution in [0, 0.1) is 14.9 Å². The van der Waals surface area contributed by atoms with E-state index < -0.39 is 0 Å².